The summed E-state index contributed by atoms with van der Waals surface area (Å²) in [7, 11) is 0. The van der Waals surface area contributed by atoms with Gasteiger partial charge in [0.15, 0.2) is 5.69 Å². The van der Waals surface area contributed by atoms with E-state index in [1.54, 1.807) is 12.1 Å². The van der Waals surface area contributed by atoms with Gasteiger partial charge >= 0.3 is 6.18 Å². The van der Waals surface area contributed by atoms with Crippen molar-refractivity contribution in [2.45, 2.75) is 32.2 Å². The molecule has 0 amide bonds. The number of benzene rings is 1. The summed E-state index contributed by atoms with van der Waals surface area (Å²) in [6.45, 7) is 1.86. The van der Waals surface area contributed by atoms with Crippen LogP contribution in [-0.4, -0.2) is 32.6 Å². The molecule has 1 aromatic carbocycles. The molecule has 2 aromatic heterocycles. The standard InChI is InChI=1S/C18H18F3N3O2/c1-2-12-3-5-14(6-4-12)26-11-13(25)10-24-16-7-8-22-9-15(16)17(23-24)18(19,20)21/h3-9,13,25H,2,10-11H2,1H3. The number of fused-ring (bicyclic) bond motifs is 1. The molecule has 0 saturated carbocycles. The minimum Gasteiger partial charge on any atom is -0.491 e. The first kappa shape index (κ1) is 18.2. The number of aryl methyl sites for hydroxylation is 1. The van der Waals surface area contributed by atoms with E-state index in [1.807, 2.05) is 19.1 Å². The number of hydrogen-bond donors (Lipinski definition) is 1. The molecule has 0 aliphatic rings. The van der Waals surface area contributed by atoms with Crippen LogP contribution in [0.4, 0.5) is 13.2 Å². The van der Waals surface area contributed by atoms with Crippen molar-refractivity contribution in [2.24, 2.45) is 0 Å². The largest absolute Gasteiger partial charge is 0.491 e. The molecule has 0 aliphatic heterocycles. The molecule has 0 fully saturated rings. The molecular formula is C18H18F3N3O2. The number of aliphatic hydroxyl groups is 1. The van der Waals surface area contributed by atoms with Gasteiger partial charge in [0.2, 0.25) is 0 Å². The van der Waals surface area contributed by atoms with E-state index in [9.17, 15) is 18.3 Å². The van der Waals surface area contributed by atoms with Crippen LogP contribution < -0.4 is 4.74 Å². The molecule has 138 valence electrons. The van der Waals surface area contributed by atoms with Gasteiger partial charge in [-0.3, -0.25) is 9.67 Å². The SMILES string of the molecule is CCc1ccc(OCC(O)Cn2nc(C(F)(F)F)c3cnccc32)cc1. The number of pyridine rings is 1. The average molecular weight is 365 g/mol. The summed E-state index contributed by atoms with van der Waals surface area (Å²) in [5.74, 6) is 0.590. The molecule has 1 atom stereocenters. The van der Waals surface area contributed by atoms with Crippen LogP contribution in [0.15, 0.2) is 42.7 Å². The molecule has 3 rings (SSSR count). The maximum atomic E-state index is 13.1. The fraction of sp³-hybridized carbons (Fsp3) is 0.333. The van der Waals surface area contributed by atoms with Crippen molar-refractivity contribution in [3.63, 3.8) is 0 Å². The summed E-state index contributed by atoms with van der Waals surface area (Å²) in [5.41, 5.74) is 0.414. The second kappa shape index (κ2) is 7.33. The molecule has 2 heterocycles. The number of alkyl halides is 3. The highest BCUT2D eigenvalue weighted by Crippen LogP contribution is 2.33. The Balaban J connectivity index is 1.71. The highest BCUT2D eigenvalue weighted by atomic mass is 19.4. The van der Waals surface area contributed by atoms with E-state index in [0.29, 0.717) is 5.75 Å². The zero-order valence-electron chi connectivity index (χ0n) is 14.1. The molecule has 0 aliphatic carbocycles. The van der Waals surface area contributed by atoms with Gasteiger partial charge < -0.3 is 9.84 Å². The monoisotopic (exact) mass is 365 g/mol. The van der Waals surface area contributed by atoms with Gasteiger partial charge in [-0.15, -0.1) is 0 Å². The van der Waals surface area contributed by atoms with E-state index >= 15 is 0 Å². The molecule has 0 saturated heterocycles. The zero-order chi connectivity index (χ0) is 18.7. The summed E-state index contributed by atoms with van der Waals surface area (Å²) in [6.07, 6.45) is -2.18. The number of rotatable bonds is 6. The van der Waals surface area contributed by atoms with Crippen LogP contribution >= 0.6 is 0 Å². The van der Waals surface area contributed by atoms with E-state index in [4.69, 9.17) is 4.74 Å². The fourth-order valence-corrected chi connectivity index (χ4v) is 2.64. The minimum absolute atomic E-state index is 0.0563. The maximum absolute atomic E-state index is 13.1. The molecule has 26 heavy (non-hydrogen) atoms. The molecule has 0 radical (unpaired) electrons. The van der Waals surface area contributed by atoms with Crippen LogP contribution in [0.5, 0.6) is 5.75 Å². The van der Waals surface area contributed by atoms with E-state index in [0.717, 1.165) is 22.9 Å². The minimum atomic E-state index is -4.59. The fourth-order valence-electron chi connectivity index (χ4n) is 2.64. The molecule has 1 unspecified atom stereocenters. The third kappa shape index (κ3) is 3.96. The number of hydrogen-bond acceptors (Lipinski definition) is 4. The van der Waals surface area contributed by atoms with E-state index < -0.39 is 18.0 Å². The Kier molecular flexibility index (Phi) is 5.13. The summed E-state index contributed by atoms with van der Waals surface area (Å²) in [5, 5.41) is 13.7. The van der Waals surface area contributed by atoms with E-state index in [2.05, 4.69) is 10.1 Å². The van der Waals surface area contributed by atoms with Crippen molar-refractivity contribution < 1.29 is 23.0 Å². The topological polar surface area (TPSA) is 60.2 Å². The highest BCUT2D eigenvalue weighted by molar-refractivity contribution is 5.81. The van der Waals surface area contributed by atoms with Gasteiger partial charge in [0.1, 0.15) is 18.5 Å². The number of halogens is 3. The average Bonchev–Trinajstić information content (AvgIpc) is 2.99. The van der Waals surface area contributed by atoms with Crippen molar-refractivity contribution in [1.29, 1.82) is 0 Å². The Morgan fingerprint density at radius 1 is 1.19 bits per heavy atom. The van der Waals surface area contributed by atoms with Crippen LogP contribution in [0.25, 0.3) is 10.9 Å². The lowest BCUT2D eigenvalue weighted by Crippen LogP contribution is -2.24. The van der Waals surface area contributed by atoms with Crippen LogP contribution in [0.1, 0.15) is 18.2 Å². The predicted octanol–water partition coefficient (Wildman–Crippen LogP) is 3.45. The van der Waals surface area contributed by atoms with Crippen molar-refractivity contribution in [3.8, 4) is 5.75 Å². The van der Waals surface area contributed by atoms with Crippen LogP contribution in [0.2, 0.25) is 0 Å². The molecule has 5 nitrogen and oxygen atoms in total. The lowest BCUT2D eigenvalue weighted by molar-refractivity contribution is -0.140. The third-order valence-corrected chi connectivity index (χ3v) is 3.98. The summed E-state index contributed by atoms with van der Waals surface area (Å²) >= 11 is 0. The first-order valence-electron chi connectivity index (χ1n) is 8.16. The Morgan fingerprint density at radius 2 is 1.92 bits per heavy atom. The number of ether oxygens (including phenoxy) is 1. The van der Waals surface area contributed by atoms with Crippen LogP contribution in [0.3, 0.4) is 0 Å². The summed E-state index contributed by atoms with van der Waals surface area (Å²) in [4.78, 5) is 3.73. The maximum Gasteiger partial charge on any atom is 0.435 e. The number of aliphatic hydroxyl groups excluding tert-OH is 1. The first-order chi connectivity index (χ1) is 12.4. The molecule has 3 aromatic rings. The van der Waals surface area contributed by atoms with E-state index in [-0.39, 0.29) is 24.1 Å². The number of nitrogens with zero attached hydrogens (tertiary/aromatic N) is 3. The second-order valence-electron chi connectivity index (χ2n) is 5.88. The van der Waals surface area contributed by atoms with Gasteiger partial charge in [0.25, 0.3) is 0 Å². The smallest absolute Gasteiger partial charge is 0.435 e. The van der Waals surface area contributed by atoms with Gasteiger partial charge in [0, 0.05) is 12.4 Å². The van der Waals surface area contributed by atoms with Crippen LogP contribution in [-0.2, 0) is 19.1 Å². The Hall–Kier alpha value is -2.61. The second-order valence-corrected chi connectivity index (χ2v) is 5.88. The molecule has 0 spiro atoms. The molecule has 0 bridgehead atoms. The quantitative estimate of drug-likeness (QED) is 0.727. The predicted molar refractivity (Wildman–Crippen MR) is 89.9 cm³/mol. The Labute approximate surface area is 148 Å². The van der Waals surface area contributed by atoms with Gasteiger partial charge in [-0.05, 0) is 30.2 Å². The first-order valence-corrected chi connectivity index (χ1v) is 8.16. The normalized spacial score (nSPS) is 13.1. The van der Waals surface area contributed by atoms with Gasteiger partial charge in [-0.25, -0.2) is 0 Å². The zero-order valence-corrected chi connectivity index (χ0v) is 14.1. The third-order valence-electron chi connectivity index (χ3n) is 3.98. The van der Waals surface area contributed by atoms with E-state index in [1.165, 1.54) is 12.3 Å². The number of aromatic nitrogens is 3. The molecular weight excluding hydrogens is 347 g/mol. The van der Waals surface area contributed by atoms with Gasteiger partial charge in [-0.2, -0.15) is 18.3 Å². The summed E-state index contributed by atoms with van der Waals surface area (Å²) < 4.78 is 46.0. The van der Waals surface area contributed by atoms with Gasteiger partial charge in [-0.1, -0.05) is 19.1 Å². The lowest BCUT2D eigenvalue weighted by Gasteiger charge is -2.13. The van der Waals surface area contributed by atoms with Gasteiger partial charge in [0.05, 0.1) is 17.4 Å². The van der Waals surface area contributed by atoms with Crippen molar-refractivity contribution in [2.75, 3.05) is 6.61 Å². The summed E-state index contributed by atoms with van der Waals surface area (Å²) in [6, 6.07) is 8.87. The Morgan fingerprint density at radius 3 is 2.58 bits per heavy atom. The van der Waals surface area contributed by atoms with Crippen LogP contribution in [0, 0.1) is 0 Å². The van der Waals surface area contributed by atoms with Crippen molar-refractivity contribution in [3.05, 3.63) is 54.0 Å². The van der Waals surface area contributed by atoms with Crippen molar-refractivity contribution in [1.82, 2.24) is 14.8 Å². The molecule has 1 N–H and O–H groups in total. The Bertz CT molecular complexity index is 876. The van der Waals surface area contributed by atoms with Crippen molar-refractivity contribution >= 4 is 10.9 Å². The lowest BCUT2D eigenvalue weighted by atomic mass is 10.2. The highest BCUT2D eigenvalue weighted by Gasteiger charge is 2.37. The molecule has 8 heteroatoms.